The average molecular weight is 286 g/mol. The van der Waals surface area contributed by atoms with Gasteiger partial charge in [-0.05, 0) is 36.4 Å². The van der Waals surface area contributed by atoms with Gasteiger partial charge >= 0.3 is 0 Å². The molecule has 1 amide bonds. The highest BCUT2D eigenvalue weighted by molar-refractivity contribution is 6.09. The summed E-state index contributed by atoms with van der Waals surface area (Å²) >= 11 is 0. The SMILES string of the molecule is O=CNc1ccc(-n2c3ccccc3c3ccccc32)cc1. The number of anilines is 1. The van der Waals surface area contributed by atoms with Gasteiger partial charge in [-0.25, -0.2) is 0 Å². The van der Waals surface area contributed by atoms with Crippen molar-refractivity contribution in [2.45, 2.75) is 0 Å². The Morgan fingerprint density at radius 3 is 1.82 bits per heavy atom. The number of carbonyl (C=O) groups is 1. The molecule has 0 aliphatic rings. The van der Waals surface area contributed by atoms with Gasteiger partial charge in [-0.1, -0.05) is 36.4 Å². The minimum absolute atomic E-state index is 0.690. The lowest BCUT2D eigenvalue weighted by atomic mass is 10.2. The van der Waals surface area contributed by atoms with Crippen LogP contribution in [0.15, 0.2) is 72.8 Å². The normalized spacial score (nSPS) is 10.9. The number of nitrogens with one attached hydrogen (secondary N) is 1. The number of para-hydroxylation sites is 2. The number of benzene rings is 3. The molecule has 3 heteroatoms. The van der Waals surface area contributed by atoms with Gasteiger partial charge < -0.3 is 9.88 Å². The summed E-state index contributed by atoms with van der Waals surface area (Å²) in [5.74, 6) is 0. The third-order valence-corrected chi connectivity index (χ3v) is 3.93. The summed E-state index contributed by atoms with van der Waals surface area (Å²) in [6.07, 6.45) is 0.690. The van der Waals surface area contributed by atoms with Gasteiger partial charge in [-0.2, -0.15) is 0 Å². The van der Waals surface area contributed by atoms with Crippen molar-refractivity contribution >= 4 is 33.9 Å². The van der Waals surface area contributed by atoms with Crippen LogP contribution in [0, 0.1) is 0 Å². The molecule has 1 N–H and O–H groups in total. The van der Waals surface area contributed by atoms with Crippen LogP contribution in [-0.2, 0) is 4.79 Å². The quantitative estimate of drug-likeness (QED) is 0.558. The molecule has 3 nitrogen and oxygen atoms in total. The molecule has 0 saturated carbocycles. The number of fused-ring (bicyclic) bond motifs is 3. The summed E-state index contributed by atoms with van der Waals surface area (Å²) in [6, 6.07) is 24.7. The molecule has 0 bridgehead atoms. The second-order valence-corrected chi connectivity index (χ2v) is 5.18. The largest absolute Gasteiger partial charge is 0.329 e. The van der Waals surface area contributed by atoms with E-state index in [9.17, 15) is 4.79 Å². The lowest BCUT2D eigenvalue weighted by Gasteiger charge is -2.08. The zero-order valence-electron chi connectivity index (χ0n) is 11.9. The highest BCUT2D eigenvalue weighted by atomic mass is 16.1. The Morgan fingerprint density at radius 2 is 1.27 bits per heavy atom. The van der Waals surface area contributed by atoms with E-state index in [-0.39, 0.29) is 0 Å². The van der Waals surface area contributed by atoms with Gasteiger partial charge in [-0.3, -0.25) is 4.79 Å². The number of aromatic nitrogens is 1. The van der Waals surface area contributed by atoms with E-state index in [1.54, 1.807) is 0 Å². The Kier molecular flexibility index (Phi) is 2.90. The third-order valence-electron chi connectivity index (χ3n) is 3.93. The van der Waals surface area contributed by atoms with Crippen LogP contribution in [0.25, 0.3) is 27.5 Å². The number of amides is 1. The predicted molar refractivity (Wildman–Crippen MR) is 90.5 cm³/mol. The molecule has 4 rings (SSSR count). The van der Waals surface area contributed by atoms with Crippen molar-refractivity contribution in [2.24, 2.45) is 0 Å². The first-order chi connectivity index (χ1) is 10.9. The first-order valence-corrected chi connectivity index (χ1v) is 7.17. The van der Waals surface area contributed by atoms with Gasteiger partial charge in [0.05, 0.1) is 11.0 Å². The molecular weight excluding hydrogens is 272 g/mol. The third kappa shape index (κ3) is 1.87. The van der Waals surface area contributed by atoms with Crippen LogP contribution in [0.4, 0.5) is 5.69 Å². The Bertz CT molecular complexity index is 914. The number of carbonyl (C=O) groups excluding carboxylic acids is 1. The second kappa shape index (κ2) is 5.04. The molecule has 4 aromatic rings. The molecule has 0 spiro atoms. The van der Waals surface area contributed by atoms with Gasteiger partial charge in [-0.15, -0.1) is 0 Å². The summed E-state index contributed by atoms with van der Waals surface area (Å²) in [5, 5.41) is 5.15. The van der Waals surface area contributed by atoms with E-state index in [2.05, 4.69) is 58.4 Å². The summed E-state index contributed by atoms with van der Waals surface area (Å²) < 4.78 is 2.25. The molecule has 0 saturated heterocycles. The molecule has 3 aromatic carbocycles. The Balaban J connectivity index is 2.01. The van der Waals surface area contributed by atoms with Gasteiger partial charge in [0.25, 0.3) is 0 Å². The first-order valence-electron chi connectivity index (χ1n) is 7.17. The summed E-state index contributed by atoms with van der Waals surface area (Å²) in [5.41, 5.74) is 4.23. The molecule has 0 unspecified atom stereocenters. The van der Waals surface area contributed by atoms with E-state index < -0.39 is 0 Å². The van der Waals surface area contributed by atoms with Crippen molar-refractivity contribution in [3.8, 4) is 5.69 Å². The number of rotatable bonds is 3. The fourth-order valence-corrected chi connectivity index (χ4v) is 2.98. The maximum atomic E-state index is 10.5. The number of hydrogen-bond acceptors (Lipinski definition) is 1. The summed E-state index contributed by atoms with van der Waals surface area (Å²) in [4.78, 5) is 10.5. The Hall–Kier alpha value is -3.07. The van der Waals surface area contributed by atoms with E-state index in [4.69, 9.17) is 0 Å². The molecular formula is C19H14N2O. The van der Waals surface area contributed by atoms with Crippen LogP contribution in [0.5, 0.6) is 0 Å². The zero-order valence-corrected chi connectivity index (χ0v) is 11.9. The van der Waals surface area contributed by atoms with E-state index in [0.717, 1.165) is 11.4 Å². The van der Waals surface area contributed by atoms with Crippen LogP contribution in [0.2, 0.25) is 0 Å². The van der Waals surface area contributed by atoms with Crippen molar-refractivity contribution in [3.63, 3.8) is 0 Å². The van der Waals surface area contributed by atoms with E-state index in [0.29, 0.717) is 6.41 Å². The highest BCUT2D eigenvalue weighted by Gasteiger charge is 2.10. The highest BCUT2D eigenvalue weighted by Crippen LogP contribution is 2.31. The Labute approximate surface area is 127 Å². The van der Waals surface area contributed by atoms with Gasteiger partial charge in [0.2, 0.25) is 6.41 Å². The second-order valence-electron chi connectivity index (χ2n) is 5.18. The van der Waals surface area contributed by atoms with Crippen LogP contribution >= 0.6 is 0 Å². The Morgan fingerprint density at radius 1 is 0.727 bits per heavy atom. The average Bonchev–Trinajstić information content (AvgIpc) is 2.91. The molecule has 22 heavy (non-hydrogen) atoms. The summed E-state index contributed by atoms with van der Waals surface area (Å²) in [7, 11) is 0. The van der Waals surface area contributed by atoms with Crippen molar-refractivity contribution in [2.75, 3.05) is 5.32 Å². The van der Waals surface area contributed by atoms with Crippen molar-refractivity contribution in [1.29, 1.82) is 0 Å². The fraction of sp³-hybridized carbons (Fsp3) is 0. The molecule has 0 aliphatic carbocycles. The van der Waals surface area contributed by atoms with E-state index >= 15 is 0 Å². The molecule has 1 aromatic heterocycles. The first kappa shape index (κ1) is 12.7. The van der Waals surface area contributed by atoms with Crippen LogP contribution < -0.4 is 5.32 Å². The van der Waals surface area contributed by atoms with E-state index in [1.807, 2.05) is 24.3 Å². The van der Waals surface area contributed by atoms with Gasteiger partial charge in [0.1, 0.15) is 0 Å². The smallest absolute Gasteiger partial charge is 0.211 e. The van der Waals surface area contributed by atoms with Crippen LogP contribution in [0.1, 0.15) is 0 Å². The monoisotopic (exact) mass is 286 g/mol. The molecule has 106 valence electrons. The lowest BCUT2D eigenvalue weighted by Crippen LogP contribution is -1.96. The van der Waals surface area contributed by atoms with Gasteiger partial charge in [0.15, 0.2) is 0 Å². The van der Waals surface area contributed by atoms with Crippen LogP contribution in [0.3, 0.4) is 0 Å². The molecule has 0 fully saturated rings. The minimum Gasteiger partial charge on any atom is -0.329 e. The number of nitrogens with zero attached hydrogens (tertiary/aromatic N) is 1. The number of hydrogen-bond donors (Lipinski definition) is 1. The lowest BCUT2D eigenvalue weighted by molar-refractivity contribution is -0.105. The fourth-order valence-electron chi connectivity index (χ4n) is 2.98. The molecule has 1 heterocycles. The van der Waals surface area contributed by atoms with Crippen molar-refractivity contribution < 1.29 is 4.79 Å². The van der Waals surface area contributed by atoms with Crippen LogP contribution in [-0.4, -0.2) is 11.0 Å². The maximum absolute atomic E-state index is 10.5. The molecule has 0 radical (unpaired) electrons. The summed E-state index contributed by atoms with van der Waals surface area (Å²) in [6.45, 7) is 0. The zero-order chi connectivity index (χ0) is 14.9. The maximum Gasteiger partial charge on any atom is 0.211 e. The van der Waals surface area contributed by atoms with Crippen molar-refractivity contribution in [3.05, 3.63) is 72.8 Å². The minimum atomic E-state index is 0.690. The molecule has 0 atom stereocenters. The standard InChI is InChI=1S/C19H14N2O/c22-13-20-14-9-11-15(12-10-14)21-18-7-3-1-5-16(18)17-6-2-4-8-19(17)21/h1-13H,(H,20,22). The van der Waals surface area contributed by atoms with Crippen molar-refractivity contribution in [1.82, 2.24) is 4.57 Å². The molecule has 0 aliphatic heterocycles. The van der Waals surface area contributed by atoms with E-state index in [1.165, 1.54) is 21.8 Å². The predicted octanol–water partition coefficient (Wildman–Crippen LogP) is 4.35. The van der Waals surface area contributed by atoms with Gasteiger partial charge in [0, 0.05) is 22.1 Å². The topological polar surface area (TPSA) is 34.0 Å².